The minimum Gasteiger partial charge on any atom is -0.366 e. The van der Waals surface area contributed by atoms with Crippen LogP contribution in [0.2, 0.25) is 0 Å². The number of hydrogen-bond acceptors (Lipinski definition) is 4. The molecule has 0 radical (unpaired) electrons. The van der Waals surface area contributed by atoms with Crippen molar-refractivity contribution in [2.45, 2.75) is 26.9 Å². The number of amides is 1. The van der Waals surface area contributed by atoms with Crippen molar-refractivity contribution in [2.75, 3.05) is 5.32 Å². The minimum atomic E-state index is -0.209. The van der Waals surface area contributed by atoms with Crippen molar-refractivity contribution >= 4 is 11.7 Å². The van der Waals surface area contributed by atoms with Crippen LogP contribution in [0, 0.1) is 13.8 Å². The number of carbonyl (C=O) groups is 1. The molecule has 0 aliphatic rings. The van der Waals surface area contributed by atoms with E-state index in [0.29, 0.717) is 30.4 Å². The SMILES string of the molecule is Cc1cccc(CNC(=O)c2cc(NCc3ccccc3)nc(C)n2)c1. The Hall–Kier alpha value is -3.21. The third-order valence-corrected chi connectivity index (χ3v) is 3.92. The molecule has 0 saturated heterocycles. The van der Waals surface area contributed by atoms with Gasteiger partial charge in [0.2, 0.25) is 0 Å². The Morgan fingerprint density at radius 3 is 2.42 bits per heavy atom. The van der Waals surface area contributed by atoms with Gasteiger partial charge in [0.15, 0.2) is 0 Å². The molecule has 1 heterocycles. The van der Waals surface area contributed by atoms with Gasteiger partial charge in [-0.05, 0) is 25.0 Å². The van der Waals surface area contributed by atoms with Crippen LogP contribution in [0.3, 0.4) is 0 Å². The van der Waals surface area contributed by atoms with Gasteiger partial charge in [-0.2, -0.15) is 0 Å². The Balaban J connectivity index is 1.65. The van der Waals surface area contributed by atoms with Crippen LogP contribution in [0.1, 0.15) is 33.0 Å². The summed E-state index contributed by atoms with van der Waals surface area (Å²) in [4.78, 5) is 21.1. The molecule has 1 amide bonds. The van der Waals surface area contributed by atoms with Gasteiger partial charge in [-0.15, -0.1) is 0 Å². The number of nitrogens with one attached hydrogen (secondary N) is 2. The maximum Gasteiger partial charge on any atom is 0.270 e. The third kappa shape index (κ3) is 4.89. The summed E-state index contributed by atoms with van der Waals surface area (Å²) in [5.41, 5.74) is 3.74. The zero-order valence-corrected chi connectivity index (χ0v) is 15.0. The molecule has 5 nitrogen and oxygen atoms in total. The Bertz CT molecular complexity index is 894. The molecule has 5 heteroatoms. The van der Waals surface area contributed by atoms with Crippen LogP contribution in [-0.2, 0) is 13.1 Å². The van der Waals surface area contributed by atoms with Crippen LogP contribution < -0.4 is 10.6 Å². The quantitative estimate of drug-likeness (QED) is 0.715. The lowest BCUT2D eigenvalue weighted by Gasteiger charge is -2.09. The van der Waals surface area contributed by atoms with E-state index < -0.39 is 0 Å². The van der Waals surface area contributed by atoms with Gasteiger partial charge in [0.25, 0.3) is 5.91 Å². The highest BCUT2D eigenvalue weighted by Crippen LogP contribution is 2.10. The summed E-state index contributed by atoms with van der Waals surface area (Å²) in [5.74, 6) is 0.991. The number of hydrogen-bond donors (Lipinski definition) is 2. The van der Waals surface area contributed by atoms with Gasteiger partial charge in [-0.25, -0.2) is 9.97 Å². The lowest BCUT2D eigenvalue weighted by molar-refractivity contribution is 0.0945. The highest BCUT2D eigenvalue weighted by molar-refractivity contribution is 5.92. The van der Waals surface area contributed by atoms with E-state index in [1.54, 1.807) is 13.0 Å². The predicted molar refractivity (Wildman–Crippen MR) is 103 cm³/mol. The highest BCUT2D eigenvalue weighted by Gasteiger charge is 2.10. The number of aromatic nitrogens is 2. The number of anilines is 1. The Morgan fingerprint density at radius 2 is 1.65 bits per heavy atom. The maximum absolute atomic E-state index is 12.5. The van der Waals surface area contributed by atoms with E-state index in [-0.39, 0.29) is 5.91 Å². The van der Waals surface area contributed by atoms with Crippen molar-refractivity contribution < 1.29 is 4.79 Å². The lowest BCUT2D eigenvalue weighted by Crippen LogP contribution is -2.24. The van der Waals surface area contributed by atoms with Crippen molar-refractivity contribution in [3.8, 4) is 0 Å². The molecule has 0 fully saturated rings. The van der Waals surface area contributed by atoms with Crippen LogP contribution in [0.4, 0.5) is 5.82 Å². The second-order valence-electron chi connectivity index (χ2n) is 6.20. The molecule has 0 atom stereocenters. The molecular formula is C21H22N4O. The normalized spacial score (nSPS) is 10.4. The molecule has 0 bridgehead atoms. The number of rotatable bonds is 6. The predicted octanol–water partition coefficient (Wildman–Crippen LogP) is 3.64. The van der Waals surface area contributed by atoms with Crippen LogP contribution in [0.5, 0.6) is 0 Å². The zero-order chi connectivity index (χ0) is 18.4. The van der Waals surface area contributed by atoms with Crippen molar-refractivity contribution in [1.29, 1.82) is 0 Å². The molecule has 3 aromatic rings. The monoisotopic (exact) mass is 346 g/mol. The summed E-state index contributed by atoms with van der Waals surface area (Å²) >= 11 is 0. The summed E-state index contributed by atoms with van der Waals surface area (Å²) in [6, 6.07) is 19.8. The number of benzene rings is 2. The van der Waals surface area contributed by atoms with E-state index in [1.165, 1.54) is 5.56 Å². The molecule has 26 heavy (non-hydrogen) atoms. The van der Waals surface area contributed by atoms with Crippen molar-refractivity contribution in [1.82, 2.24) is 15.3 Å². The van der Waals surface area contributed by atoms with Gasteiger partial charge < -0.3 is 10.6 Å². The first kappa shape index (κ1) is 17.6. The van der Waals surface area contributed by atoms with E-state index in [2.05, 4.69) is 26.7 Å². The van der Waals surface area contributed by atoms with E-state index in [9.17, 15) is 4.79 Å². The highest BCUT2D eigenvalue weighted by atomic mass is 16.1. The Labute approximate surface area is 153 Å². The van der Waals surface area contributed by atoms with Gasteiger partial charge in [0, 0.05) is 19.2 Å². The molecule has 3 rings (SSSR count). The van der Waals surface area contributed by atoms with Gasteiger partial charge in [0.05, 0.1) is 0 Å². The molecule has 0 aliphatic heterocycles. The van der Waals surface area contributed by atoms with Crippen molar-refractivity contribution in [3.05, 3.63) is 88.9 Å². The van der Waals surface area contributed by atoms with E-state index in [4.69, 9.17) is 0 Å². The molecule has 132 valence electrons. The van der Waals surface area contributed by atoms with Gasteiger partial charge in [0.1, 0.15) is 17.3 Å². The van der Waals surface area contributed by atoms with Crippen molar-refractivity contribution in [3.63, 3.8) is 0 Å². The second kappa shape index (κ2) is 8.25. The zero-order valence-electron chi connectivity index (χ0n) is 15.0. The van der Waals surface area contributed by atoms with E-state index >= 15 is 0 Å². The topological polar surface area (TPSA) is 66.9 Å². The van der Waals surface area contributed by atoms with E-state index in [1.807, 2.05) is 55.5 Å². The summed E-state index contributed by atoms with van der Waals surface area (Å²) in [7, 11) is 0. The summed E-state index contributed by atoms with van der Waals surface area (Å²) in [6.45, 7) is 4.92. The summed E-state index contributed by atoms with van der Waals surface area (Å²) < 4.78 is 0. The molecule has 2 N–H and O–H groups in total. The average Bonchev–Trinajstić information content (AvgIpc) is 2.65. The molecule has 0 saturated carbocycles. The third-order valence-electron chi connectivity index (χ3n) is 3.92. The standard InChI is InChI=1S/C21H22N4O/c1-15-7-6-10-18(11-15)14-23-21(26)19-12-20(25-16(2)24-19)22-13-17-8-4-3-5-9-17/h3-12H,13-14H2,1-2H3,(H,23,26)(H,22,24,25). The first-order valence-corrected chi connectivity index (χ1v) is 8.57. The molecule has 2 aromatic carbocycles. The molecule has 0 unspecified atom stereocenters. The Kier molecular flexibility index (Phi) is 5.59. The fourth-order valence-corrected chi connectivity index (χ4v) is 2.66. The number of aryl methyl sites for hydroxylation is 2. The number of nitrogens with zero attached hydrogens (tertiary/aromatic N) is 2. The fraction of sp³-hybridized carbons (Fsp3) is 0.190. The van der Waals surface area contributed by atoms with Gasteiger partial charge in [-0.3, -0.25) is 4.79 Å². The largest absolute Gasteiger partial charge is 0.366 e. The second-order valence-corrected chi connectivity index (χ2v) is 6.20. The first-order valence-electron chi connectivity index (χ1n) is 8.57. The minimum absolute atomic E-state index is 0.209. The van der Waals surface area contributed by atoms with Crippen LogP contribution >= 0.6 is 0 Å². The molecular weight excluding hydrogens is 324 g/mol. The maximum atomic E-state index is 12.5. The first-order chi connectivity index (χ1) is 12.6. The van der Waals surface area contributed by atoms with Crippen LogP contribution in [0.25, 0.3) is 0 Å². The van der Waals surface area contributed by atoms with Gasteiger partial charge in [-0.1, -0.05) is 60.2 Å². The smallest absolute Gasteiger partial charge is 0.270 e. The molecule has 0 aliphatic carbocycles. The fourth-order valence-electron chi connectivity index (χ4n) is 2.66. The molecule has 1 aromatic heterocycles. The summed E-state index contributed by atoms with van der Waals surface area (Å²) in [6.07, 6.45) is 0. The van der Waals surface area contributed by atoms with E-state index in [0.717, 1.165) is 11.1 Å². The average molecular weight is 346 g/mol. The van der Waals surface area contributed by atoms with Gasteiger partial charge >= 0.3 is 0 Å². The summed E-state index contributed by atoms with van der Waals surface area (Å²) in [5, 5.41) is 6.16. The lowest BCUT2D eigenvalue weighted by atomic mass is 10.1. The van der Waals surface area contributed by atoms with Crippen molar-refractivity contribution in [2.24, 2.45) is 0 Å². The Morgan fingerprint density at radius 1 is 0.885 bits per heavy atom. The number of carbonyl (C=O) groups excluding carboxylic acids is 1. The van der Waals surface area contributed by atoms with Crippen LogP contribution in [0.15, 0.2) is 60.7 Å². The van der Waals surface area contributed by atoms with Crippen LogP contribution in [-0.4, -0.2) is 15.9 Å². The molecule has 0 spiro atoms.